The zero-order valence-corrected chi connectivity index (χ0v) is 21.7. The second-order valence-corrected chi connectivity index (χ2v) is 9.32. The summed E-state index contributed by atoms with van der Waals surface area (Å²) in [4.78, 5) is 18.5. The minimum Gasteiger partial charge on any atom is -0.445 e. The molecular weight excluding hydrogens is 482 g/mol. The van der Waals surface area contributed by atoms with Crippen LogP contribution in [0.1, 0.15) is 41.2 Å². The summed E-state index contributed by atoms with van der Waals surface area (Å²) in [5, 5.41) is 12.1. The SMILES string of the molecule is C=CCOC(=O)Nc1ccc([C@H]2O[C@@H](CN(C)CCc3ccccn3)C[C@@H](c3ccc(CO)cc3)O2)cc1. The van der Waals surface area contributed by atoms with Crippen LogP contribution < -0.4 is 5.32 Å². The lowest BCUT2D eigenvalue weighted by atomic mass is 9.99. The third kappa shape index (κ3) is 7.97. The van der Waals surface area contributed by atoms with Gasteiger partial charge in [0.1, 0.15) is 6.61 Å². The van der Waals surface area contributed by atoms with Gasteiger partial charge in [-0.1, -0.05) is 55.1 Å². The maximum Gasteiger partial charge on any atom is 0.411 e. The Labute approximate surface area is 223 Å². The number of amides is 1. The predicted molar refractivity (Wildman–Crippen MR) is 145 cm³/mol. The van der Waals surface area contributed by atoms with Gasteiger partial charge in [0, 0.05) is 49.1 Å². The van der Waals surface area contributed by atoms with E-state index in [-0.39, 0.29) is 25.4 Å². The molecule has 0 saturated carbocycles. The van der Waals surface area contributed by atoms with Crippen LogP contribution in [0.15, 0.2) is 85.6 Å². The molecule has 8 heteroatoms. The average molecular weight is 518 g/mol. The van der Waals surface area contributed by atoms with Gasteiger partial charge in [-0.2, -0.15) is 0 Å². The molecule has 0 aliphatic carbocycles. The first kappa shape index (κ1) is 27.5. The largest absolute Gasteiger partial charge is 0.445 e. The minimum atomic E-state index is -0.567. The lowest BCUT2D eigenvalue weighted by molar-refractivity contribution is -0.252. The van der Waals surface area contributed by atoms with E-state index in [1.54, 1.807) is 12.1 Å². The first-order valence-electron chi connectivity index (χ1n) is 12.8. The fraction of sp³-hybridized carbons (Fsp3) is 0.333. The number of hydrogen-bond acceptors (Lipinski definition) is 7. The van der Waals surface area contributed by atoms with E-state index in [0.29, 0.717) is 12.1 Å². The molecule has 0 radical (unpaired) electrons. The van der Waals surface area contributed by atoms with Crippen LogP contribution in [0.3, 0.4) is 0 Å². The molecule has 0 spiro atoms. The number of likely N-dealkylation sites (N-methyl/N-ethyl adjacent to an activating group) is 1. The van der Waals surface area contributed by atoms with Crippen molar-refractivity contribution in [3.05, 3.63) is 108 Å². The zero-order valence-electron chi connectivity index (χ0n) is 21.7. The van der Waals surface area contributed by atoms with Crippen molar-refractivity contribution in [2.75, 3.05) is 32.1 Å². The summed E-state index contributed by atoms with van der Waals surface area (Å²) in [6, 6.07) is 21.2. The molecule has 3 atom stereocenters. The van der Waals surface area contributed by atoms with Gasteiger partial charge in [0.25, 0.3) is 0 Å². The molecule has 1 aliphatic heterocycles. The topological polar surface area (TPSA) is 93.2 Å². The summed E-state index contributed by atoms with van der Waals surface area (Å²) in [5.41, 5.74) is 4.43. The summed E-state index contributed by atoms with van der Waals surface area (Å²) in [7, 11) is 2.09. The number of aliphatic hydroxyl groups excluding tert-OH is 1. The van der Waals surface area contributed by atoms with Gasteiger partial charge in [-0.15, -0.1) is 0 Å². The van der Waals surface area contributed by atoms with Crippen molar-refractivity contribution >= 4 is 11.8 Å². The smallest absolute Gasteiger partial charge is 0.411 e. The highest BCUT2D eigenvalue weighted by molar-refractivity contribution is 5.84. The molecule has 2 heterocycles. The van der Waals surface area contributed by atoms with Gasteiger partial charge in [0.15, 0.2) is 6.29 Å². The molecule has 8 nitrogen and oxygen atoms in total. The first-order valence-corrected chi connectivity index (χ1v) is 12.8. The second kappa shape index (κ2) is 13.8. The number of pyridine rings is 1. The predicted octanol–water partition coefficient (Wildman–Crippen LogP) is 5.03. The van der Waals surface area contributed by atoms with Gasteiger partial charge in [-0.3, -0.25) is 10.3 Å². The van der Waals surface area contributed by atoms with Crippen molar-refractivity contribution in [1.82, 2.24) is 9.88 Å². The molecule has 4 rings (SSSR count). The second-order valence-electron chi connectivity index (χ2n) is 9.32. The monoisotopic (exact) mass is 517 g/mol. The number of carbonyl (C=O) groups is 1. The molecule has 1 aliphatic rings. The Kier molecular flexibility index (Phi) is 10.0. The number of aliphatic hydroxyl groups is 1. The van der Waals surface area contributed by atoms with E-state index in [4.69, 9.17) is 14.2 Å². The third-order valence-electron chi connectivity index (χ3n) is 6.37. The van der Waals surface area contributed by atoms with Gasteiger partial charge in [-0.05, 0) is 42.4 Å². The van der Waals surface area contributed by atoms with E-state index in [2.05, 4.69) is 28.8 Å². The molecule has 2 N–H and O–H groups in total. The lowest BCUT2D eigenvalue weighted by Gasteiger charge is -2.38. The molecule has 3 aromatic rings. The first-order chi connectivity index (χ1) is 18.5. The molecule has 200 valence electrons. The van der Waals surface area contributed by atoms with Gasteiger partial charge >= 0.3 is 6.09 Å². The number of benzene rings is 2. The summed E-state index contributed by atoms with van der Waals surface area (Å²) in [6.07, 6.45) is 3.57. The minimum absolute atomic E-state index is 0.00273. The van der Waals surface area contributed by atoms with Gasteiger partial charge in [0.2, 0.25) is 0 Å². The van der Waals surface area contributed by atoms with Crippen molar-refractivity contribution in [2.24, 2.45) is 0 Å². The summed E-state index contributed by atoms with van der Waals surface area (Å²) in [5.74, 6) is 0. The number of rotatable bonds is 11. The van der Waals surface area contributed by atoms with Gasteiger partial charge in [0.05, 0.1) is 18.8 Å². The van der Waals surface area contributed by atoms with E-state index in [0.717, 1.165) is 41.9 Å². The molecule has 1 saturated heterocycles. The summed E-state index contributed by atoms with van der Waals surface area (Å²) < 4.78 is 17.8. The van der Waals surface area contributed by atoms with Crippen LogP contribution in [0.4, 0.5) is 10.5 Å². The van der Waals surface area contributed by atoms with Gasteiger partial charge in [-0.25, -0.2) is 4.79 Å². The van der Waals surface area contributed by atoms with Crippen LogP contribution in [0.25, 0.3) is 0 Å². The quantitative estimate of drug-likeness (QED) is 0.345. The van der Waals surface area contributed by atoms with Crippen LogP contribution in [-0.2, 0) is 27.2 Å². The van der Waals surface area contributed by atoms with E-state index < -0.39 is 12.4 Å². The number of aromatic nitrogens is 1. The summed E-state index contributed by atoms with van der Waals surface area (Å²) >= 11 is 0. The molecule has 1 amide bonds. The summed E-state index contributed by atoms with van der Waals surface area (Å²) in [6.45, 7) is 5.29. The maximum absolute atomic E-state index is 11.8. The number of hydrogen-bond donors (Lipinski definition) is 2. The number of ether oxygens (including phenoxy) is 3. The van der Waals surface area contributed by atoms with Crippen molar-refractivity contribution in [2.45, 2.75) is 37.9 Å². The van der Waals surface area contributed by atoms with Crippen molar-refractivity contribution in [3.63, 3.8) is 0 Å². The van der Waals surface area contributed by atoms with Crippen LogP contribution in [0.5, 0.6) is 0 Å². The number of nitrogens with zero attached hydrogens (tertiary/aromatic N) is 2. The highest BCUT2D eigenvalue weighted by atomic mass is 16.7. The zero-order chi connectivity index (χ0) is 26.7. The highest BCUT2D eigenvalue weighted by Gasteiger charge is 2.32. The van der Waals surface area contributed by atoms with Crippen molar-refractivity contribution < 1.29 is 24.1 Å². The van der Waals surface area contributed by atoms with Crippen LogP contribution in [0, 0.1) is 0 Å². The lowest BCUT2D eigenvalue weighted by Crippen LogP contribution is -2.38. The maximum atomic E-state index is 11.8. The molecule has 0 bridgehead atoms. The molecule has 1 aromatic heterocycles. The molecule has 1 fully saturated rings. The van der Waals surface area contributed by atoms with E-state index in [1.807, 2.05) is 60.8 Å². The van der Waals surface area contributed by atoms with Crippen molar-refractivity contribution in [3.8, 4) is 0 Å². The Balaban J connectivity index is 1.44. The van der Waals surface area contributed by atoms with Crippen LogP contribution in [0.2, 0.25) is 0 Å². The van der Waals surface area contributed by atoms with Gasteiger partial charge < -0.3 is 24.2 Å². The Hall–Kier alpha value is -3.56. The van der Waals surface area contributed by atoms with E-state index in [1.165, 1.54) is 6.08 Å². The number of anilines is 1. The molecule has 38 heavy (non-hydrogen) atoms. The fourth-order valence-corrected chi connectivity index (χ4v) is 4.34. The van der Waals surface area contributed by atoms with Crippen molar-refractivity contribution in [1.29, 1.82) is 0 Å². The highest BCUT2D eigenvalue weighted by Crippen LogP contribution is 2.38. The Morgan fingerprint density at radius 2 is 1.89 bits per heavy atom. The Bertz CT molecular complexity index is 1150. The number of nitrogens with one attached hydrogen (secondary N) is 1. The molecule has 2 aromatic carbocycles. The third-order valence-corrected chi connectivity index (χ3v) is 6.37. The Morgan fingerprint density at radius 1 is 1.13 bits per heavy atom. The Morgan fingerprint density at radius 3 is 2.58 bits per heavy atom. The standard InChI is InChI=1S/C30H35N3O5/c1-3-18-36-30(35)32-26-13-11-24(12-14-26)29-37-27(20-33(2)17-15-25-6-4-5-16-31-25)19-28(38-29)23-9-7-22(21-34)8-10-23/h3-14,16,27-29,34H,1,15,17-21H2,2H3,(H,32,35)/t27-,28+,29+/m1/s1. The fourth-order valence-electron chi connectivity index (χ4n) is 4.34. The van der Waals surface area contributed by atoms with Crippen LogP contribution >= 0.6 is 0 Å². The molecule has 0 unspecified atom stereocenters. The molecular formula is C30H35N3O5. The van der Waals surface area contributed by atoms with E-state index >= 15 is 0 Å². The average Bonchev–Trinajstić information content (AvgIpc) is 2.96. The van der Waals surface area contributed by atoms with E-state index in [9.17, 15) is 9.90 Å². The number of carbonyl (C=O) groups excluding carboxylic acids is 1. The van der Waals surface area contributed by atoms with Crippen LogP contribution in [-0.4, -0.2) is 53.9 Å². The normalized spacial score (nSPS) is 19.2.